The molecule has 0 bridgehead atoms. The number of rotatable bonds is 5. The molecule has 0 spiro atoms. The van der Waals surface area contributed by atoms with Crippen LogP contribution < -0.4 is 11.2 Å². The summed E-state index contributed by atoms with van der Waals surface area (Å²) >= 11 is 6.29. The summed E-state index contributed by atoms with van der Waals surface area (Å²) in [4.78, 5) is 36.5. The molecule has 3 aromatic rings. The molecule has 0 radical (unpaired) electrons. The normalized spacial score (nSPS) is 11.6. The summed E-state index contributed by atoms with van der Waals surface area (Å²) in [6.45, 7) is 0. The van der Waals surface area contributed by atoms with Gasteiger partial charge in [-0.2, -0.15) is 15.0 Å². The van der Waals surface area contributed by atoms with E-state index in [2.05, 4.69) is 11.2 Å². The molecule has 0 fully saturated rings. The third-order valence-corrected chi connectivity index (χ3v) is 4.47. The summed E-state index contributed by atoms with van der Waals surface area (Å²) in [5.74, 6) is -2.62. The van der Waals surface area contributed by atoms with Gasteiger partial charge < -0.3 is 5.11 Å². The first-order valence-corrected chi connectivity index (χ1v) is 8.58. The van der Waals surface area contributed by atoms with Crippen LogP contribution in [0.3, 0.4) is 0 Å². The predicted molar refractivity (Wildman–Crippen MR) is 101 cm³/mol. The van der Waals surface area contributed by atoms with E-state index in [4.69, 9.17) is 16.7 Å². The van der Waals surface area contributed by atoms with Crippen molar-refractivity contribution in [3.05, 3.63) is 91.0 Å². The molecule has 2 N–H and O–H groups in total. The zero-order valence-electron chi connectivity index (χ0n) is 14.6. The van der Waals surface area contributed by atoms with Crippen LogP contribution in [0, 0.1) is 17.1 Å². The fourth-order valence-electron chi connectivity index (χ4n) is 2.73. The van der Waals surface area contributed by atoms with Crippen LogP contribution >= 0.6 is 11.6 Å². The summed E-state index contributed by atoms with van der Waals surface area (Å²) in [7, 11) is 0. The van der Waals surface area contributed by atoms with E-state index in [-0.39, 0.29) is 22.9 Å². The van der Waals surface area contributed by atoms with Gasteiger partial charge in [-0.15, -0.1) is 0 Å². The Bertz CT molecular complexity index is 1240. The second-order valence-electron chi connectivity index (χ2n) is 6.04. The van der Waals surface area contributed by atoms with Gasteiger partial charge in [0.2, 0.25) is 5.69 Å². The molecule has 3 rings (SSSR count). The Morgan fingerprint density at radius 3 is 2.55 bits per heavy atom. The first-order valence-electron chi connectivity index (χ1n) is 8.21. The smallest absolute Gasteiger partial charge is 0.362 e. The second kappa shape index (κ2) is 8.08. The maximum Gasteiger partial charge on any atom is 0.362 e. The van der Waals surface area contributed by atoms with E-state index in [0.29, 0.717) is 10.2 Å². The lowest BCUT2D eigenvalue weighted by atomic mass is 9.93. The SMILES string of the molecule is N#CC(Cc1ccc(F)cc1)c1ccc(-n2nc(C(=O)O)c(=O)[nH]c2=O)cc1Cl. The zero-order chi connectivity index (χ0) is 21.1. The first-order chi connectivity index (χ1) is 13.8. The molecule has 0 aliphatic rings. The first kappa shape index (κ1) is 20.0. The van der Waals surface area contributed by atoms with Gasteiger partial charge in [0, 0.05) is 5.02 Å². The zero-order valence-corrected chi connectivity index (χ0v) is 15.4. The molecule has 29 heavy (non-hydrogen) atoms. The van der Waals surface area contributed by atoms with Crippen molar-refractivity contribution in [1.29, 1.82) is 5.26 Å². The Labute approximate surface area is 167 Å². The van der Waals surface area contributed by atoms with Crippen molar-refractivity contribution in [3.8, 4) is 11.8 Å². The number of aromatic carboxylic acids is 1. The lowest BCUT2D eigenvalue weighted by Gasteiger charge is -2.13. The van der Waals surface area contributed by atoms with Crippen LogP contribution in [0.4, 0.5) is 4.39 Å². The average molecular weight is 415 g/mol. The standard InChI is InChI=1S/C19H12ClFN4O4/c20-15-8-13(25-19(29)23-17(26)16(24-25)18(27)28)5-6-14(15)11(9-22)7-10-1-3-12(21)4-2-10/h1-6,8,11H,7H2,(H,27,28)(H,23,26,29). The van der Waals surface area contributed by atoms with E-state index in [1.54, 1.807) is 12.1 Å². The maximum absolute atomic E-state index is 13.1. The predicted octanol–water partition coefficient (Wildman–Crippen LogP) is 2.26. The average Bonchev–Trinajstić information content (AvgIpc) is 2.67. The van der Waals surface area contributed by atoms with E-state index in [9.17, 15) is 24.0 Å². The van der Waals surface area contributed by atoms with Gasteiger partial charge in [0.1, 0.15) is 5.82 Å². The highest BCUT2D eigenvalue weighted by Gasteiger charge is 2.18. The summed E-state index contributed by atoms with van der Waals surface area (Å²) in [6.07, 6.45) is 0.288. The molecule has 0 aliphatic heterocycles. The number of halogens is 2. The molecule has 1 unspecified atom stereocenters. The second-order valence-corrected chi connectivity index (χ2v) is 6.45. The van der Waals surface area contributed by atoms with Crippen molar-refractivity contribution in [2.75, 3.05) is 0 Å². The van der Waals surface area contributed by atoms with Crippen molar-refractivity contribution in [1.82, 2.24) is 14.8 Å². The number of hydrogen-bond acceptors (Lipinski definition) is 5. The van der Waals surface area contributed by atoms with Crippen LogP contribution in [0.2, 0.25) is 5.02 Å². The largest absolute Gasteiger partial charge is 0.476 e. The number of hydrogen-bond donors (Lipinski definition) is 2. The quantitative estimate of drug-likeness (QED) is 0.658. The molecule has 8 nitrogen and oxygen atoms in total. The minimum absolute atomic E-state index is 0.112. The number of H-pyrrole nitrogens is 1. The number of aromatic amines is 1. The summed E-state index contributed by atoms with van der Waals surface area (Å²) in [5.41, 5.74) is -1.59. The lowest BCUT2D eigenvalue weighted by molar-refractivity contribution is 0.0685. The van der Waals surface area contributed by atoms with Gasteiger partial charge in [-0.3, -0.25) is 9.78 Å². The third-order valence-electron chi connectivity index (χ3n) is 4.14. The Kier molecular flexibility index (Phi) is 5.57. The highest BCUT2D eigenvalue weighted by molar-refractivity contribution is 6.31. The fraction of sp³-hybridized carbons (Fsp3) is 0.105. The van der Waals surface area contributed by atoms with Crippen LogP contribution in [-0.4, -0.2) is 25.8 Å². The molecule has 0 amide bonds. The molecule has 1 aromatic heterocycles. The van der Waals surface area contributed by atoms with Gasteiger partial charge in [-0.1, -0.05) is 29.8 Å². The van der Waals surface area contributed by atoms with E-state index in [0.717, 1.165) is 5.56 Å². The Morgan fingerprint density at radius 1 is 1.28 bits per heavy atom. The Balaban J connectivity index is 1.98. The van der Waals surface area contributed by atoms with Crippen LogP contribution in [-0.2, 0) is 6.42 Å². The Morgan fingerprint density at radius 2 is 1.97 bits per heavy atom. The third kappa shape index (κ3) is 4.23. The minimum Gasteiger partial charge on any atom is -0.476 e. The van der Waals surface area contributed by atoms with Crippen LogP contribution in [0.1, 0.15) is 27.5 Å². The van der Waals surface area contributed by atoms with Gasteiger partial charge >= 0.3 is 11.7 Å². The molecule has 10 heteroatoms. The number of aromatic nitrogens is 3. The van der Waals surface area contributed by atoms with Crippen LogP contribution in [0.5, 0.6) is 0 Å². The fourth-order valence-corrected chi connectivity index (χ4v) is 3.03. The van der Waals surface area contributed by atoms with Crippen molar-refractivity contribution in [3.63, 3.8) is 0 Å². The van der Waals surface area contributed by atoms with Gasteiger partial charge in [-0.25, -0.2) is 14.0 Å². The molecule has 146 valence electrons. The number of nitrogens with one attached hydrogen (secondary N) is 1. The van der Waals surface area contributed by atoms with Gasteiger partial charge in [0.25, 0.3) is 5.56 Å². The number of carboxylic acid groups (broad SMARTS) is 1. The molecular formula is C19H12ClFN4O4. The van der Waals surface area contributed by atoms with E-state index >= 15 is 0 Å². The molecule has 1 atom stereocenters. The van der Waals surface area contributed by atoms with Gasteiger partial charge in [0.05, 0.1) is 17.7 Å². The molecule has 0 saturated heterocycles. The number of carbonyl (C=O) groups is 1. The molecule has 0 aliphatic carbocycles. The monoisotopic (exact) mass is 414 g/mol. The van der Waals surface area contributed by atoms with Crippen molar-refractivity contribution >= 4 is 17.6 Å². The summed E-state index contributed by atoms with van der Waals surface area (Å²) in [6, 6.07) is 12.1. The summed E-state index contributed by atoms with van der Waals surface area (Å²) in [5, 5.41) is 22.2. The van der Waals surface area contributed by atoms with Crippen LogP contribution in [0.25, 0.3) is 5.69 Å². The van der Waals surface area contributed by atoms with Gasteiger partial charge in [0.15, 0.2) is 0 Å². The van der Waals surface area contributed by atoms with Gasteiger partial charge in [-0.05, 0) is 41.8 Å². The molecule has 2 aromatic carbocycles. The Hall–Kier alpha value is -3.77. The number of nitriles is 1. The van der Waals surface area contributed by atoms with Crippen LogP contribution in [0.15, 0.2) is 52.1 Å². The highest BCUT2D eigenvalue weighted by Crippen LogP contribution is 2.29. The number of benzene rings is 2. The molecule has 1 heterocycles. The number of carboxylic acids is 1. The minimum atomic E-state index is -1.59. The van der Waals surface area contributed by atoms with Crippen molar-refractivity contribution in [2.24, 2.45) is 0 Å². The van der Waals surface area contributed by atoms with E-state index in [1.165, 1.54) is 30.3 Å². The number of nitrogens with zero attached hydrogens (tertiary/aromatic N) is 3. The molecule has 0 saturated carbocycles. The maximum atomic E-state index is 13.1. The van der Waals surface area contributed by atoms with E-state index < -0.39 is 28.8 Å². The van der Waals surface area contributed by atoms with Crippen molar-refractivity contribution in [2.45, 2.75) is 12.3 Å². The molecular weight excluding hydrogens is 403 g/mol. The topological polar surface area (TPSA) is 129 Å². The highest BCUT2D eigenvalue weighted by atomic mass is 35.5. The summed E-state index contributed by atoms with van der Waals surface area (Å²) < 4.78 is 13.8. The van der Waals surface area contributed by atoms with E-state index in [1.807, 2.05) is 4.98 Å². The lowest BCUT2D eigenvalue weighted by Crippen LogP contribution is -2.35. The van der Waals surface area contributed by atoms with Crippen molar-refractivity contribution < 1.29 is 14.3 Å².